The van der Waals surface area contributed by atoms with E-state index in [1.165, 1.54) is 12.1 Å². The van der Waals surface area contributed by atoms with Crippen molar-refractivity contribution in [2.45, 2.75) is 26.8 Å². The molecule has 0 unspecified atom stereocenters. The number of methoxy groups -OCH3 is 1. The molecule has 1 aromatic heterocycles. The minimum absolute atomic E-state index is 0.0698. The number of hydrogen-bond acceptors (Lipinski definition) is 3. The van der Waals surface area contributed by atoms with Gasteiger partial charge < -0.3 is 19.7 Å². The monoisotopic (exact) mass is 398 g/mol. The Morgan fingerprint density at radius 3 is 2.59 bits per heavy atom. The number of fused-ring (bicyclic) bond motifs is 1. The number of aliphatic carboxylic acids is 1. The van der Waals surface area contributed by atoms with E-state index in [0.717, 1.165) is 34.8 Å². The fourth-order valence-electron chi connectivity index (χ4n) is 3.40. The van der Waals surface area contributed by atoms with Gasteiger partial charge in [-0.1, -0.05) is 6.07 Å². The largest absolute Gasteiger partial charge is 0.481 e. The van der Waals surface area contributed by atoms with E-state index in [1.807, 2.05) is 26.0 Å². The number of amides is 1. The lowest BCUT2D eigenvalue weighted by atomic mass is 10.1. The van der Waals surface area contributed by atoms with E-state index in [4.69, 9.17) is 9.84 Å². The van der Waals surface area contributed by atoms with Crippen LogP contribution in [0.1, 0.15) is 27.2 Å². The number of carbonyl (C=O) groups is 2. The third-order valence-corrected chi connectivity index (χ3v) is 5.07. The van der Waals surface area contributed by atoms with Crippen LogP contribution in [0.4, 0.5) is 10.1 Å². The van der Waals surface area contributed by atoms with Crippen molar-refractivity contribution in [3.8, 4) is 0 Å². The van der Waals surface area contributed by atoms with Gasteiger partial charge in [-0.2, -0.15) is 0 Å². The summed E-state index contributed by atoms with van der Waals surface area (Å²) in [5.74, 6) is -2.14. The Kier molecular flexibility index (Phi) is 5.98. The summed E-state index contributed by atoms with van der Waals surface area (Å²) in [4.78, 5) is 23.4. The lowest BCUT2D eigenvalue weighted by Gasteiger charge is -2.09. The molecule has 0 aliphatic carbocycles. The van der Waals surface area contributed by atoms with E-state index >= 15 is 0 Å². The molecule has 3 rings (SSSR count). The molecule has 2 N–H and O–H groups in total. The molecule has 152 valence electrons. The van der Waals surface area contributed by atoms with E-state index < -0.39 is 18.2 Å². The van der Waals surface area contributed by atoms with Gasteiger partial charge in [0.2, 0.25) is 0 Å². The average Bonchev–Trinajstić information content (AvgIpc) is 2.92. The molecule has 6 nitrogen and oxygen atoms in total. The van der Waals surface area contributed by atoms with Crippen molar-refractivity contribution >= 4 is 28.5 Å². The van der Waals surface area contributed by atoms with Gasteiger partial charge in [0.1, 0.15) is 5.82 Å². The van der Waals surface area contributed by atoms with Crippen molar-refractivity contribution in [1.82, 2.24) is 4.57 Å². The van der Waals surface area contributed by atoms with Crippen molar-refractivity contribution in [2.24, 2.45) is 0 Å². The fraction of sp³-hybridized carbons (Fsp3) is 0.273. The van der Waals surface area contributed by atoms with Gasteiger partial charge >= 0.3 is 5.97 Å². The molecular formula is C22H23FN2O4. The van der Waals surface area contributed by atoms with Gasteiger partial charge in [-0.05, 0) is 55.3 Å². The van der Waals surface area contributed by atoms with Gasteiger partial charge in [0.05, 0.1) is 13.0 Å². The van der Waals surface area contributed by atoms with Crippen LogP contribution in [0.3, 0.4) is 0 Å². The molecule has 0 atom stereocenters. The van der Waals surface area contributed by atoms with Gasteiger partial charge in [0.25, 0.3) is 5.91 Å². The highest BCUT2D eigenvalue weighted by Crippen LogP contribution is 2.27. The Bertz CT molecular complexity index is 1090. The molecule has 29 heavy (non-hydrogen) atoms. The van der Waals surface area contributed by atoms with Crippen LogP contribution in [-0.2, 0) is 22.5 Å². The van der Waals surface area contributed by atoms with Gasteiger partial charge in [0, 0.05) is 41.5 Å². The third-order valence-electron chi connectivity index (χ3n) is 5.07. The normalized spacial score (nSPS) is 11.0. The number of ether oxygens (including phenoxy) is 1. The van der Waals surface area contributed by atoms with E-state index in [1.54, 1.807) is 13.2 Å². The molecule has 0 aliphatic rings. The molecular weight excluding hydrogens is 375 g/mol. The Morgan fingerprint density at radius 2 is 1.93 bits per heavy atom. The number of carbonyl (C=O) groups excluding carboxylic acids is 1. The molecule has 3 aromatic rings. The third kappa shape index (κ3) is 4.30. The van der Waals surface area contributed by atoms with Crippen LogP contribution in [-0.4, -0.2) is 35.3 Å². The second-order valence-electron chi connectivity index (χ2n) is 6.92. The first kappa shape index (κ1) is 20.5. The van der Waals surface area contributed by atoms with Crippen LogP contribution in [0.2, 0.25) is 0 Å². The number of aromatic nitrogens is 1. The van der Waals surface area contributed by atoms with Gasteiger partial charge in [-0.15, -0.1) is 0 Å². The molecule has 0 spiro atoms. The van der Waals surface area contributed by atoms with Crippen LogP contribution in [0, 0.1) is 19.7 Å². The van der Waals surface area contributed by atoms with E-state index in [9.17, 15) is 14.0 Å². The number of hydrogen-bond donors (Lipinski definition) is 2. The second kappa shape index (κ2) is 8.45. The van der Waals surface area contributed by atoms with Crippen molar-refractivity contribution in [3.63, 3.8) is 0 Å². The van der Waals surface area contributed by atoms with Gasteiger partial charge in [-0.25, -0.2) is 4.39 Å². The van der Waals surface area contributed by atoms with E-state index in [0.29, 0.717) is 12.2 Å². The molecule has 0 saturated heterocycles. The molecule has 0 radical (unpaired) electrons. The number of anilines is 1. The van der Waals surface area contributed by atoms with Gasteiger partial charge in [0.15, 0.2) is 0 Å². The minimum Gasteiger partial charge on any atom is -0.481 e. The first-order valence-corrected chi connectivity index (χ1v) is 9.21. The summed E-state index contributed by atoms with van der Waals surface area (Å²) in [7, 11) is 1.66. The second-order valence-corrected chi connectivity index (χ2v) is 6.92. The molecule has 0 saturated carbocycles. The van der Waals surface area contributed by atoms with Crippen molar-refractivity contribution in [3.05, 3.63) is 64.6 Å². The number of nitrogens with one attached hydrogen (secondary N) is 1. The zero-order chi connectivity index (χ0) is 21.1. The highest BCUT2D eigenvalue weighted by molar-refractivity contribution is 6.06. The summed E-state index contributed by atoms with van der Waals surface area (Å²) in [6.45, 7) is 5.36. The molecule has 7 heteroatoms. The van der Waals surface area contributed by atoms with Crippen LogP contribution in [0.25, 0.3) is 10.9 Å². The molecule has 0 aliphatic heterocycles. The smallest absolute Gasteiger partial charge is 0.307 e. The fourth-order valence-corrected chi connectivity index (χ4v) is 3.40. The minimum atomic E-state index is -1.11. The molecule has 0 bridgehead atoms. The molecule has 0 fully saturated rings. The van der Waals surface area contributed by atoms with Crippen LogP contribution >= 0.6 is 0 Å². The lowest BCUT2D eigenvalue weighted by Crippen LogP contribution is -2.12. The topological polar surface area (TPSA) is 80.6 Å². The Morgan fingerprint density at radius 1 is 1.17 bits per heavy atom. The van der Waals surface area contributed by atoms with Crippen molar-refractivity contribution in [1.29, 1.82) is 0 Å². The van der Waals surface area contributed by atoms with Gasteiger partial charge in [-0.3, -0.25) is 9.59 Å². The van der Waals surface area contributed by atoms with Crippen LogP contribution in [0.5, 0.6) is 0 Å². The SMILES string of the molecule is COCCn1c(C)c(C)c2cc(C(=O)Nc3ccc(CC(=O)O)c(F)c3)ccc21. The highest BCUT2D eigenvalue weighted by atomic mass is 19.1. The summed E-state index contributed by atoms with van der Waals surface area (Å²) >= 11 is 0. The number of aryl methyl sites for hydroxylation is 1. The van der Waals surface area contributed by atoms with Crippen LogP contribution in [0.15, 0.2) is 36.4 Å². The summed E-state index contributed by atoms with van der Waals surface area (Å²) < 4.78 is 21.4. The predicted octanol–water partition coefficient (Wildman–Crippen LogP) is 3.92. The maximum absolute atomic E-state index is 14.0. The number of carboxylic acids is 1. The maximum Gasteiger partial charge on any atom is 0.307 e. The Hall–Kier alpha value is -3.19. The Labute approximate surface area is 167 Å². The Balaban J connectivity index is 1.85. The average molecular weight is 398 g/mol. The number of rotatable bonds is 7. The molecule has 1 amide bonds. The quantitative estimate of drug-likeness (QED) is 0.632. The molecule has 2 aromatic carbocycles. The number of benzene rings is 2. The predicted molar refractivity (Wildman–Crippen MR) is 109 cm³/mol. The summed E-state index contributed by atoms with van der Waals surface area (Å²) in [5, 5.41) is 12.4. The van der Waals surface area contributed by atoms with E-state index in [-0.39, 0.29) is 17.2 Å². The maximum atomic E-state index is 14.0. The standard InChI is InChI=1S/C22H23FN2O4/c1-13-14(2)25(8-9-29-3)20-7-5-16(10-18(13)20)22(28)24-17-6-4-15(11-21(26)27)19(23)12-17/h4-7,10,12H,8-9,11H2,1-3H3,(H,24,28)(H,26,27). The summed E-state index contributed by atoms with van der Waals surface area (Å²) in [6, 6.07) is 9.45. The number of nitrogens with zero attached hydrogens (tertiary/aromatic N) is 1. The van der Waals surface area contributed by atoms with E-state index in [2.05, 4.69) is 9.88 Å². The first-order chi connectivity index (χ1) is 13.8. The summed E-state index contributed by atoms with van der Waals surface area (Å²) in [6.07, 6.45) is -0.407. The first-order valence-electron chi connectivity index (χ1n) is 9.21. The van der Waals surface area contributed by atoms with Crippen molar-refractivity contribution in [2.75, 3.05) is 19.0 Å². The zero-order valence-corrected chi connectivity index (χ0v) is 16.6. The van der Waals surface area contributed by atoms with Crippen LogP contribution < -0.4 is 5.32 Å². The number of halogens is 1. The highest BCUT2D eigenvalue weighted by Gasteiger charge is 2.15. The number of carboxylic acid groups (broad SMARTS) is 1. The summed E-state index contributed by atoms with van der Waals surface area (Å²) in [5.41, 5.74) is 4.03. The lowest BCUT2D eigenvalue weighted by molar-refractivity contribution is -0.136. The van der Waals surface area contributed by atoms with Crippen molar-refractivity contribution < 1.29 is 23.8 Å². The zero-order valence-electron chi connectivity index (χ0n) is 16.6. The molecule has 1 heterocycles.